The number of cyclic esters (lactones) is 1. The van der Waals surface area contributed by atoms with Gasteiger partial charge in [0.1, 0.15) is 6.10 Å². The van der Waals surface area contributed by atoms with Crippen molar-refractivity contribution in [3.8, 4) is 0 Å². The van der Waals surface area contributed by atoms with Crippen LogP contribution in [0.1, 0.15) is 26.3 Å². The summed E-state index contributed by atoms with van der Waals surface area (Å²) in [4.78, 5) is 24.8. The molecule has 1 N–H and O–H groups in total. The minimum absolute atomic E-state index is 0.239. The molecular weight excluding hydrogens is 258 g/mol. The van der Waals surface area contributed by atoms with Gasteiger partial charge in [-0.3, -0.25) is 4.90 Å². The highest BCUT2D eigenvalue weighted by atomic mass is 16.6. The van der Waals surface area contributed by atoms with E-state index >= 15 is 0 Å². The molecule has 0 aliphatic carbocycles. The van der Waals surface area contributed by atoms with Gasteiger partial charge in [0.2, 0.25) is 0 Å². The molecule has 2 rings (SSSR count). The molecule has 5 heteroatoms. The van der Waals surface area contributed by atoms with Crippen molar-refractivity contribution in [3.05, 3.63) is 35.9 Å². The van der Waals surface area contributed by atoms with Crippen molar-refractivity contribution in [1.82, 2.24) is 4.90 Å². The number of carboxylic acid groups (broad SMARTS) is 1. The lowest BCUT2D eigenvalue weighted by molar-refractivity contribution is -0.144. The maximum atomic E-state index is 12.0. The fraction of sp³-hybridized carbons (Fsp3) is 0.467. The van der Waals surface area contributed by atoms with Gasteiger partial charge in [0.25, 0.3) is 0 Å². The number of rotatable bonds is 3. The lowest BCUT2D eigenvalue weighted by Crippen LogP contribution is -2.47. The molecule has 0 bridgehead atoms. The average Bonchev–Trinajstić information content (AvgIpc) is 2.68. The van der Waals surface area contributed by atoms with E-state index in [9.17, 15) is 14.7 Å². The summed E-state index contributed by atoms with van der Waals surface area (Å²) in [5.74, 6) is -1.04. The Morgan fingerprint density at radius 3 is 2.40 bits per heavy atom. The molecule has 1 saturated heterocycles. The van der Waals surface area contributed by atoms with Crippen LogP contribution < -0.4 is 0 Å². The Labute approximate surface area is 118 Å². The number of hydrogen-bond donors (Lipinski definition) is 1. The van der Waals surface area contributed by atoms with Crippen LogP contribution in [0.25, 0.3) is 0 Å². The van der Waals surface area contributed by atoms with Crippen LogP contribution in [0.3, 0.4) is 0 Å². The van der Waals surface area contributed by atoms with Gasteiger partial charge >= 0.3 is 12.1 Å². The highest BCUT2D eigenvalue weighted by Crippen LogP contribution is 2.34. The van der Waals surface area contributed by atoms with E-state index in [0.29, 0.717) is 0 Å². The molecule has 1 aromatic carbocycles. The van der Waals surface area contributed by atoms with Crippen LogP contribution in [0.15, 0.2) is 30.3 Å². The molecule has 0 spiro atoms. The van der Waals surface area contributed by atoms with Gasteiger partial charge in [-0.05, 0) is 5.56 Å². The van der Waals surface area contributed by atoms with Crippen molar-refractivity contribution in [2.24, 2.45) is 5.41 Å². The molecule has 20 heavy (non-hydrogen) atoms. The number of nitrogens with zero attached hydrogens (tertiary/aromatic N) is 1. The van der Waals surface area contributed by atoms with Gasteiger partial charge in [-0.25, -0.2) is 9.59 Å². The molecule has 1 aliphatic heterocycles. The highest BCUT2D eigenvalue weighted by Gasteiger charge is 2.51. The van der Waals surface area contributed by atoms with Crippen molar-refractivity contribution in [2.45, 2.75) is 39.5 Å². The van der Waals surface area contributed by atoms with Crippen molar-refractivity contribution < 1.29 is 19.4 Å². The maximum absolute atomic E-state index is 12.0. The summed E-state index contributed by atoms with van der Waals surface area (Å²) in [6, 6.07) is 8.34. The Hall–Kier alpha value is -2.04. The second kappa shape index (κ2) is 5.15. The van der Waals surface area contributed by atoms with Crippen LogP contribution in [-0.2, 0) is 16.1 Å². The maximum Gasteiger partial charge on any atom is 0.411 e. The van der Waals surface area contributed by atoms with Crippen LogP contribution in [0.4, 0.5) is 4.79 Å². The second-order valence-corrected chi connectivity index (χ2v) is 6.07. The van der Waals surface area contributed by atoms with E-state index in [4.69, 9.17) is 4.74 Å². The average molecular weight is 277 g/mol. The van der Waals surface area contributed by atoms with Crippen molar-refractivity contribution in [2.75, 3.05) is 0 Å². The third-order valence-electron chi connectivity index (χ3n) is 3.39. The molecule has 0 aromatic heterocycles. The molecule has 2 atom stereocenters. The first kappa shape index (κ1) is 14.4. The fourth-order valence-corrected chi connectivity index (χ4v) is 2.37. The summed E-state index contributed by atoms with van der Waals surface area (Å²) in [5.41, 5.74) is 0.453. The third-order valence-corrected chi connectivity index (χ3v) is 3.39. The summed E-state index contributed by atoms with van der Waals surface area (Å²) < 4.78 is 5.29. The number of ether oxygens (including phenoxy) is 1. The minimum atomic E-state index is -1.04. The number of hydrogen-bond acceptors (Lipinski definition) is 3. The normalized spacial score (nSPS) is 22.8. The van der Waals surface area contributed by atoms with E-state index in [1.54, 1.807) is 0 Å². The molecule has 0 radical (unpaired) electrons. The first-order valence-electron chi connectivity index (χ1n) is 6.54. The summed E-state index contributed by atoms with van der Waals surface area (Å²) in [6.07, 6.45) is -1.22. The summed E-state index contributed by atoms with van der Waals surface area (Å²) >= 11 is 0. The second-order valence-electron chi connectivity index (χ2n) is 6.07. The third kappa shape index (κ3) is 2.76. The van der Waals surface area contributed by atoms with Gasteiger partial charge < -0.3 is 9.84 Å². The van der Waals surface area contributed by atoms with E-state index in [0.717, 1.165) is 5.56 Å². The number of benzene rings is 1. The number of carbonyl (C=O) groups is 2. The molecule has 1 aliphatic rings. The van der Waals surface area contributed by atoms with Gasteiger partial charge in [0, 0.05) is 5.41 Å². The monoisotopic (exact) mass is 277 g/mol. The zero-order valence-corrected chi connectivity index (χ0v) is 11.9. The van der Waals surface area contributed by atoms with Gasteiger partial charge in [-0.15, -0.1) is 0 Å². The predicted molar refractivity (Wildman–Crippen MR) is 73.1 cm³/mol. The van der Waals surface area contributed by atoms with Crippen LogP contribution in [0, 0.1) is 5.41 Å². The number of aliphatic carboxylic acids is 1. The van der Waals surface area contributed by atoms with Gasteiger partial charge in [0.05, 0.1) is 6.54 Å². The molecule has 108 valence electrons. The smallest absolute Gasteiger partial charge is 0.411 e. The van der Waals surface area contributed by atoms with Gasteiger partial charge in [-0.2, -0.15) is 0 Å². The Kier molecular flexibility index (Phi) is 3.70. The fourth-order valence-electron chi connectivity index (χ4n) is 2.37. The topological polar surface area (TPSA) is 66.8 Å². The first-order valence-corrected chi connectivity index (χ1v) is 6.54. The molecule has 0 unspecified atom stereocenters. The molecule has 1 heterocycles. The van der Waals surface area contributed by atoms with Crippen LogP contribution in [-0.4, -0.2) is 34.2 Å². The van der Waals surface area contributed by atoms with E-state index in [1.807, 2.05) is 51.1 Å². The molecular formula is C15H19NO4. The molecule has 1 fully saturated rings. The highest BCUT2D eigenvalue weighted by molar-refractivity contribution is 5.84. The molecule has 1 amide bonds. The Morgan fingerprint density at radius 1 is 1.30 bits per heavy atom. The number of amides is 1. The summed E-state index contributed by atoms with van der Waals surface area (Å²) in [7, 11) is 0. The number of carbonyl (C=O) groups excluding carboxylic acids is 1. The standard InChI is InChI=1S/C15H19NO4/c1-15(2,3)12-11(13(17)18)16(14(19)20-12)9-10-7-5-4-6-8-10/h4-8,11-12H,9H2,1-3H3,(H,17,18)/t11-,12-/m1/s1. The van der Waals surface area contributed by atoms with Crippen molar-refractivity contribution in [1.29, 1.82) is 0 Å². The molecule has 5 nitrogen and oxygen atoms in total. The van der Waals surface area contributed by atoms with Crippen LogP contribution in [0.5, 0.6) is 0 Å². The lowest BCUT2D eigenvalue weighted by atomic mass is 9.84. The zero-order chi connectivity index (χ0) is 14.9. The molecule has 1 aromatic rings. The van der Waals surface area contributed by atoms with Gasteiger partial charge in [-0.1, -0.05) is 51.1 Å². The molecule has 0 saturated carbocycles. The predicted octanol–water partition coefficient (Wildman–Crippen LogP) is 2.51. The van der Waals surface area contributed by atoms with E-state index in [-0.39, 0.29) is 6.54 Å². The SMILES string of the molecule is CC(C)(C)[C@@H]1OC(=O)N(Cc2ccccc2)[C@H]1C(=O)O. The number of carboxylic acids is 1. The van der Waals surface area contributed by atoms with E-state index in [2.05, 4.69) is 0 Å². The Bertz CT molecular complexity index is 506. The Balaban J connectivity index is 2.27. The van der Waals surface area contributed by atoms with E-state index < -0.39 is 29.6 Å². The first-order chi connectivity index (χ1) is 9.30. The van der Waals surface area contributed by atoms with Crippen LogP contribution in [0.2, 0.25) is 0 Å². The zero-order valence-electron chi connectivity index (χ0n) is 11.9. The van der Waals surface area contributed by atoms with Crippen molar-refractivity contribution in [3.63, 3.8) is 0 Å². The Morgan fingerprint density at radius 2 is 1.90 bits per heavy atom. The minimum Gasteiger partial charge on any atom is -0.480 e. The summed E-state index contributed by atoms with van der Waals surface area (Å²) in [6.45, 7) is 5.84. The van der Waals surface area contributed by atoms with E-state index in [1.165, 1.54) is 4.90 Å². The summed E-state index contributed by atoms with van der Waals surface area (Å²) in [5, 5.41) is 9.44. The quantitative estimate of drug-likeness (QED) is 0.921. The van der Waals surface area contributed by atoms with Gasteiger partial charge in [0.15, 0.2) is 6.04 Å². The van der Waals surface area contributed by atoms with Crippen LogP contribution >= 0.6 is 0 Å². The largest absolute Gasteiger partial charge is 0.480 e. The van der Waals surface area contributed by atoms with Crippen molar-refractivity contribution >= 4 is 12.1 Å². The lowest BCUT2D eigenvalue weighted by Gasteiger charge is -2.29.